The van der Waals surface area contributed by atoms with Crippen LogP contribution in [0.1, 0.15) is 97.8 Å². The van der Waals surface area contributed by atoms with Crippen LogP contribution < -0.4 is 0 Å². The highest BCUT2D eigenvalue weighted by molar-refractivity contribution is 5.91. The fourth-order valence-corrected chi connectivity index (χ4v) is 2.44. The van der Waals surface area contributed by atoms with Crippen molar-refractivity contribution in [3.05, 3.63) is 12.2 Å². The molecule has 4 nitrogen and oxygen atoms in total. The standard InChI is InChI=1S/C21H38O4/c1-4-6-7-8-9-10-11-12-13-14-15-18-24-20(22)16-17-21(23)25-19(3)5-2/h16-17,19H,4-15,18H2,1-3H3/b17-16+. The molecule has 0 aliphatic heterocycles. The molecular weight excluding hydrogens is 316 g/mol. The molecule has 0 fully saturated rings. The van der Waals surface area contributed by atoms with Crippen molar-refractivity contribution in [3.8, 4) is 0 Å². The zero-order valence-electron chi connectivity index (χ0n) is 16.6. The summed E-state index contributed by atoms with van der Waals surface area (Å²) < 4.78 is 10.1. The van der Waals surface area contributed by atoms with Crippen molar-refractivity contribution in [2.45, 2.75) is 104 Å². The van der Waals surface area contributed by atoms with Gasteiger partial charge in [0, 0.05) is 12.2 Å². The average molecular weight is 355 g/mol. The first-order valence-corrected chi connectivity index (χ1v) is 10.2. The van der Waals surface area contributed by atoms with Gasteiger partial charge >= 0.3 is 11.9 Å². The summed E-state index contributed by atoms with van der Waals surface area (Å²) in [5, 5.41) is 0. The summed E-state index contributed by atoms with van der Waals surface area (Å²) in [4.78, 5) is 22.8. The fourth-order valence-electron chi connectivity index (χ4n) is 2.44. The van der Waals surface area contributed by atoms with Crippen molar-refractivity contribution in [1.29, 1.82) is 0 Å². The monoisotopic (exact) mass is 354 g/mol. The predicted octanol–water partition coefficient (Wildman–Crippen LogP) is 5.74. The lowest BCUT2D eigenvalue weighted by molar-refractivity contribution is -0.143. The molecule has 0 rings (SSSR count). The average Bonchev–Trinajstić information content (AvgIpc) is 2.60. The molecule has 0 aromatic rings. The van der Waals surface area contributed by atoms with E-state index in [9.17, 15) is 9.59 Å². The van der Waals surface area contributed by atoms with E-state index in [1.165, 1.54) is 57.8 Å². The molecule has 0 aliphatic carbocycles. The number of ether oxygens (including phenoxy) is 2. The van der Waals surface area contributed by atoms with Crippen LogP contribution in [0.5, 0.6) is 0 Å². The molecule has 0 aromatic carbocycles. The number of carbonyl (C=O) groups excluding carboxylic acids is 2. The summed E-state index contributed by atoms with van der Waals surface area (Å²) in [5.74, 6) is -0.978. The Labute approximate surface area is 154 Å². The zero-order valence-corrected chi connectivity index (χ0v) is 16.6. The van der Waals surface area contributed by atoms with E-state index >= 15 is 0 Å². The second-order valence-corrected chi connectivity index (χ2v) is 6.69. The van der Waals surface area contributed by atoms with E-state index in [2.05, 4.69) is 6.92 Å². The number of unbranched alkanes of at least 4 members (excludes halogenated alkanes) is 10. The van der Waals surface area contributed by atoms with Crippen LogP contribution in [0.2, 0.25) is 0 Å². The van der Waals surface area contributed by atoms with Gasteiger partial charge in [0.1, 0.15) is 0 Å². The second-order valence-electron chi connectivity index (χ2n) is 6.69. The Bertz CT molecular complexity index is 363. The van der Waals surface area contributed by atoms with Crippen LogP contribution in [0.25, 0.3) is 0 Å². The third kappa shape index (κ3) is 17.3. The van der Waals surface area contributed by atoms with E-state index in [1.807, 2.05) is 13.8 Å². The van der Waals surface area contributed by atoms with Gasteiger partial charge in [0.15, 0.2) is 0 Å². The van der Waals surface area contributed by atoms with E-state index in [0.717, 1.165) is 31.4 Å². The molecule has 0 bridgehead atoms. The lowest BCUT2D eigenvalue weighted by Gasteiger charge is -2.07. The largest absolute Gasteiger partial charge is 0.463 e. The second kappa shape index (κ2) is 17.5. The Hall–Kier alpha value is -1.32. The number of carbonyl (C=O) groups is 2. The molecule has 1 unspecified atom stereocenters. The number of rotatable bonds is 16. The first-order chi connectivity index (χ1) is 12.1. The van der Waals surface area contributed by atoms with Crippen LogP contribution in [-0.2, 0) is 19.1 Å². The van der Waals surface area contributed by atoms with Gasteiger partial charge in [-0.1, -0.05) is 78.1 Å². The quantitative estimate of drug-likeness (QED) is 0.201. The van der Waals surface area contributed by atoms with Crippen molar-refractivity contribution in [1.82, 2.24) is 0 Å². The third-order valence-electron chi connectivity index (χ3n) is 4.24. The van der Waals surface area contributed by atoms with Gasteiger partial charge in [-0.15, -0.1) is 0 Å². The first kappa shape index (κ1) is 23.7. The van der Waals surface area contributed by atoms with Crippen LogP contribution in [-0.4, -0.2) is 24.6 Å². The minimum Gasteiger partial charge on any atom is -0.463 e. The van der Waals surface area contributed by atoms with Crippen LogP contribution >= 0.6 is 0 Å². The van der Waals surface area contributed by atoms with Crippen molar-refractivity contribution in [3.63, 3.8) is 0 Å². The Morgan fingerprint density at radius 1 is 0.760 bits per heavy atom. The van der Waals surface area contributed by atoms with E-state index in [1.54, 1.807) is 0 Å². The number of hydrogen-bond donors (Lipinski definition) is 0. The van der Waals surface area contributed by atoms with Crippen molar-refractivity contribution >= 4 is 11.9 Å². The van der Waals surface area contributed by atoms with Gasteiger partial charge in [0.05, 0.1) is 12.7 Å². The third-order valence-corrected chi connectivity index (χ3v) is 4.24. The van der Waals surface area contributed by atoms with Crippen molar-refractivity contribution < 1.29 is 19.1 Å². The smallest absolute Gasteiger partial charge is 0.331 e. The molecule has 1 atom stereocenters. The normalized spacial score (nSPS) is 12.3. The van der Waals surface area contributed by atoms with E-state index in [4.69, 9.17) is 9.47 Å². The molecule has 0 spiro atoms. The van der Waals surface area contributed by atoms with Gasteiger partial charge in [0.2, 0.25) is 0 Å². The minimum absolute atomic E-state index is 0.135. The van der Waals surface area contributed by atoms with Gasteiger partial charge in [-0.2, -0.15) is 0 Å². The highest BCUT2D eigenvalue weighted by Crippen LogP contribution is 2.11. The Morgan fingerprint density at radius 3 is 1.76 bits per heavy atom. The van der Waals surface area contributed by atoms with Gasteiger partial charge in [-0.05, 0) is 19.8 Å². The minimum atomic E-state index is -0.499. The zero-order chi connectivity index (χ0) is 18.8. The van der Waals surface area contributed by atoms with Gasteiger partial charge in [0.25, 0.3) is 0 Å². The van der Waals surface area contributed by atoms with Crippen molar-refractivity contribution in [2.24, 2.45) is 0 Å². The first-order valence-electron chi connectivity index (χ1n) is 10.2. The maximum atomic E-state index is 11.5. The molecule has 0 N–H and O–H groups in total. The molecule has 0 aromatic heterocycles. The van der Waals surface area contributed by atoms with E-state index in [-0.39, 0.29) is 6.10 Å². The molecule has 0 radical (unpaired) electrons. The van der Waals surface area contributed by atoms with E-state index < -0.39 is 11.9 Å². The molecule has 146 valence electrons. The van der Waals surface area contributed by atoms with Crippen molar-refractivity contribution in [2.75, 3.05) is 6.61 Å². The molecule has 4 heteroatoms. The molecule has 0 saturated heterocycles. The van der Waals surface area contributed by atoms with Crippen LogP contribution in [0, 0.1) is 0 Å². The lowest BCUT2D eigenvalue weighted by Crippen LogP contribution is -2.12. The molecule has 0 saturated carbocycles. The fraction of sp³-hybridized carbons (Fsp3) is 0.810. The van der Waals surface area contributed by atoms with Gasteiger partial charge < -0.3 is 9.47 Å². The molecule has 25 heavy (non-hydrogen) atoms. The summed E-state index contributed by atoms with van der Waals surface area (Å²) in [6, 6.07) is 0. The molecule has 0 aliphatic rings. The van der Waals surface area contributed by atoms with Crippen LogP contribution in [0.15, 0.2) is 12.2 Å². The Balaban J connectivity index is 3.41. The number of hydrogen-bond acceptors (Lipinski definition) is 4. The van der Waals surface area contributed by atoms with Crippen LogP contribution in [0.3, 0.4) is 0 Å². The number of esters is 2. The highest BCUT2D eigenvalue weighted by atomic mass is 16.5. The predicted molar refractivity (Wildman–Crippen MR) is 102 cm³/mol. The molecular formula is C21H38O4. The van der Waals surface area contributed by atoms with Gasteiger partial charge in [-0.3, -0.25) is 0 Å². The summed E-state index contributed by atoms with van der Waals surface area (Å²) in [6.45, 7) is 6.41. The summed E-state index contributed by atoms with van der Waals surface area (Å²) in [7, 11) is 0. The SMILES string of the molecule is CCCCCCCCCCCCCOC(=O)/C=C/C(=O)OC(C)CC. The summed E-state index contributed by atoms with van der Waals surface area (Å²) in [5.41, 5.74) is 0. The Morgan fingerprint density at radius 2 is 1.24 bits per heavy atom. The topological polar surface area (TPSA) is 52.6 Å². The highest BCUT2D eigenvalue weighted by Gasteiger charge is 2.05. The molecule has 0 heterocycles. The lowest BCUT2D eigenvalue weighted by atomic mass is 10.1. The van der Waals surface area contributed by atoms with Crippen LogP contribution in [0.4, 0.5) is 0 Å². The summed E-state index contributed by atoms with van der Waals surface area (Å²) in [6.07, 6.45) is 16.8. The van der Waals surface area contributed by atoms with Gasteiger partial charge in [-0.25, -0.2) is 9.59 Å². The maximum absolute atomic E-state index is 11.5. The van der Waals surface area contributed by atoms with E-state index in [0.29, 0.717) is 6.61 Å². The summed E-state index contributed by atoms with van der Waals surface area (Å²) >= 11 is 0. The maximum Gasteiger partial charge on any atom is 0.331 e. The Kier molecular flexibility index (Phi) is 16.6. The molecule has 0 amide bonds.